The first kappa shape index (κ1) is 47.0. The average Bonchev–Trinajstić information content (AvgIpc) is 3.95. The molecular formula is C43H46N2O23. The number of methoxy groups -OCH3 is 2. The molecule has 0 radical (unpaired) electrons. The van der Waals surface area contributed by atoms with E-state index in [0.29, 0.717) is 28.2 Å². The van der Waals surface area contributed by atoms with Crippen LogP contribution in [0.4, 0.5) is 16.2 Å². The summed E-state index contributed by atoms with van der Waals surface area (Å²) in [6, 6.07) is 9.34. The number of carbonyl (C=O) groups is 3. The molecule has 6 N–H and O–H groups in total. The summed E-state index contributed by atoms with van der Waals surface area (Å²) in [7, 11) is 3.70. The maximum absolute atomic E-state index is 14.0. The number of nitro benzene ring substituents is 1. The van der Waals surface area contributed by atoms with Crippen molar-refractivity contribution in [3.05, 3.63) is 69.3 Å². The van der Waals surface area contributed by atoms with Crippen LogP contribution in [0.25, 0.3) is 0 Å². The summed E-state index contributed by atoms with van der Waals surface area (Å²) in [5, 5.41) is 74.8. The monoisotopic (exact) mass is 958 g/mol. The van der Waals surface area contributed by atoms with Crippen molar-refractivity contribution in [3.8, 4) is 34.5 Å². The average molecular weight is 959 g/mol. The molecule has 25 heteroatoms. The number of carboxylic acid groups (broad SMARTS) is 1. The number of hydrogen-bond acceptors (Lipinski definition) is 22. The van der Waals surface area contributed by atoms with E-state index in [9.17, 15) is 55.1 Å². The van der Waals surface area contributed by atoms with Crippen molar-refractivity contribution >= 4 is 29.4 Å². The molecule has 3 aromatic carbocycles. The third-order valence-electron chi connectivity index (χ3n) is 12.8. The van der Waals surface area contributed by atoms with Crippen LogP contribution < -0.4 is 33.3 Å². The maximum atomic E-state index is 14.0. The van der Waals surface area contributed by atoms with Gasteiger partial charge in [0.1, 0.15) is 48.5 Å². The zero-order chi connectivity index (χ0) is 48.5. The van der Waals surface area contributed by atoms with E-state index in [0.717, 1.165) is 30.1 Å². The van der Waals surface area contributed by atoms with Gasteiger partial charge in [0.2, 0.25) is 18.8 Å². The molecule has 0 aromatic heterocycles. The van der Waals surface area contributed by atoms with Crippen molar-refractivity contribution in [2.45, 2.75) is 86.6 Å². The van der Waals surface area contributed by atoms with Gasteiger partial charge in [-0.05, 0) is 53.9 Å². The number of carboxylic acids is 1. The van der Waals surface area contributed by atoms with Crippen LogP contribution in [0.1, 0.15) is 35.6 Å². The quantitative estimate of drug-likeness (QED) is 0.0863. The number of aliphatic hydroxyl groups is 5. The Morgan fingerprint density at radius 2 is 1.49 bits per heavy atom. The van der Waals surface area contributed by atoms with E-state index in [1.54, 1.807) is 19.1 Å². The first-order chi connectivity index (χ1) is 32.5. The number of carbonyl (C=O) groups excluding carboxylic acids is 2. The summed E-state index contributed by atoms with van der Waals surface area (Å²) in [4.78, 5) is 51.5. The molecule has 5 heterocycles. The van der Waals surface area contributed by atoms with Gasteiger partial charge in [-0.2, -0.15) is 0 Å². The minimum absolute atomic E-state index is 0.0518. The number of anilines is 1. The fraction of sp³-hybridized carbons (Fsp3) is 0.512. The van der Waals surface area contributed by atoms with Crippen LogP contribution in [0.2, 0.25) is 0 Å². The van der Waals surface area contributed by atoms with Crippen molar-refractivity contribution in [3.63, 3.8) is 0 Å². The largest absolute Gasteiger partial charge is 0.493 e. The second-order valence-electron chi connectivity index (χ2n) is 16.7. The highest BCUT2D eigenvalue weighted by molar-refractivity contribution is 5.92. The summed E-state index contributed by atoms with van der Waals surface area (Å²) in [6.45, 7) is 1.49. The lowest BCUT2D eigenvalue weighted by atomic mass is 9.66. The second-order valence-corrected chi connectivity index (χ2v) is 16.7. The number of nitro groups is 1. The molecule has 1 aliphatic carbocycles. The smallest absolute Gasteiger partial charge is 0.419 e. The van der Waals surface area contributed by atoms with Gasteiger partial charge in [-0.1, -0.05) is 0 Å². The van der Waals surface area contributed by atoms with E-state index < -0.39 is 120 Å². The van der Waals surface area contributed by atoms with Gasteiger partial charge in [-0.3, -0.25) is 19.8 Å². The summed E-state index contributed by atoms with van der Waals surface area (Å²) < 4.78 is 69.3. The number of cyclic esters (lactones) is 1. The number of rotatable bonds is 11. The van der Waals surface area contributed by atoms with Gasteiger partial charge >= 0.3 is 18.0 Å². The van der Waals surface area contributed by atoms with Gasteiger partial charge < -0.3 is 87.5 Å². The Bertz CT molecular complexity index is 2440. The molecule has 9 unspecified atom stereocenters. The Kier molecular flexibility index (Phi) is 12.7. The Hall–Kier alpha value is -6.13. The normalized spacial score (nSPS) is 33.5. The molecule has 6 aliphatic rings. The maximum Gasteiger partial charge on any atom is 0.419 e. The topological polar surface area (TPSA) is 330 Å². The highest BCUT2D eigenvalue weighted by atomic mass is 16.8. The molecule has 68 heavy (non-hydrogen) atoms. The van der Waals surface area contributed by atoms with Crippen LogP contribution in [0.15, 0.2) is 42.5 Å². The van der Waals surface area contributed by atoms with Crippen LogP contribution in [0, 0.1) is 22.0 Å². The molecule has 0 spiro atoms. The van der Waals surface area contributed by atoms with Crippen molar-refractivity contribution in [1.82, 2.24) is 0 Å². The summed E-state index contributed by atoms with van der Waals surface area (Å²) in [5.74, 6) is -4.91. The predicted molar refractivity (Wildman–Crippen MR) is 219 cm³/mol. The van der Waals surface area contributed by atoms with Gasteiger partial charge in [0.15, 0.2) is 41.7 Å². The van der Waals surface area contributed by atoms with E-state index in [-0.39, 0.29) is 48.7 Å². The molecule has 0 saturated carbocycles. The van der Waals surface area contributed by atoms with Crippen LogP contribution in [0.5, 0.6) is 34.5 Å². The Morgan fingerprint density at radius 1 is 0.809 bits per heavy atom. The number of hydrogen-bond donors (Lipinski definition) is 6. The van der Waals surface area contributed by atoms with Crippen LogP contribution in [0.3, 0.4) is 0 Å². The van der Waals surface area contributed by atoms with Gasteiger partial charge in [0.25, 0.3) is 5.69 Å². The van der Waals surface area contributed by atoms with Crippen LogP contribution in [-0.4, -0.2) is 163 Å². The zero-order valence-corrected chi connectivity index (χ0v) is 36.3. The van der Waals surface area contributed by atoms with Crippen LogP contribution >= 0.6 is 0 Å². The third kappa shape index (κ3) is 8.22. The molecule has 5 aliphatic heterocycles. The fourth-order valence-corrected chi connectivity index (χ4v) is 9.33. The number of fused-ring (bicyclic) bond motifs is 4. The third-order valence-corrected chi connectivity index (χ3v) is 12.8. The standard InChI is InChI=1S/C43H46N2O23/c1-15-59-13-27-37(63-15)32(48)34(50)42(65-27)66-35-19-11-24-23(61-14-62-24)10-18(19)28(29-20(35)12-60-40(29)53)16-7-25(57-3)36(26(8-16)58-4)68-43(54)44(2)21-9-17(45(55)56)5-6-22(21)64-41-33(49)30(46)31(47)38(67-41)39(51)52/h5-11,15,20,27-35,37-38,41-42,46-50H,12-14H2,1-4H3,(H,51,52)/t15?,20-,27?,28+,29-,30?,31?,32+,33?,34?,35?,37+,38?,41?,42-/m0/s1. The first-order valence-electron chi connectivity index (χ1n) is 21.1. The lowest BCUT2D eigenvalue weighted by molar-refractivity contribution is -0.384. The molecular weight excluding hydrogens is 912 g/mol. The van der Waals surface area contributed by atoms with E-state index >= 15 is 0 Å². The molecule has 4 fully saturated rings. The molecule has 4 saturated heterocycles. The van der Waals surface area contributed by atoms with E-state index in [2.05, 4.69) is 0 Å². The summed E-state index contributed by atoms with van der Waals surface area (Å²) in [5.41, 5.74) is 0.550. The van der Waals surface area contributed by atoms with Crippen molar-refractivity contribution < 1.29 is 107 Å². The van der Waals surface area contributed by atoms with Crippen molar-refractivity contribution in [1.29, 1.82) is 0 Å². The summed E-state index contributed by atoms with van der Waals surface area (Å²) in [6.07, 6.45) is -19.0. The Labute approximate surface area is 384 Å². The lowest BCUT2D eigenvalue weighted by Crippen LogP contribution is -2.63. The predicted octanol–water partition coefficient (Wildman–Crippen LogP) is 0.447. The van der Waals surface area contributed by atoms with Crippen LogP contribution in [-0.2, 0) is 38.0 Å². The molecule has 1 amide bonds. The first-order valence-corrected chi connectivity index (χ1v) is 21.1. The SMILES string of the molecule is COc1cc([C@@H]2c3cc4c(cc3C(O[C@@H]3OC5COC(C)O[C@H]5[C@H](O)C3O)[C@H]3COC(=O)[C@H]23)OCO4)cc(OC)c1OC(=O)N(C)c1cc([N+](=O)[O-])ccc1OC1OC(C(=O)O)C(O)C(O)C1O. The summed E-state index contributed by atoms with van der Waals surface area (Å²) >= 11 is 0. The molecule has 0 bridgehead atoms. The van der Waals surface area contributed by atoms with Crippen molar-refractivity contribution in [2.75, 3.05) is 46.2 Å². The number of esters is 1. The number of aliphatic hydroxyl groups excluding tert-OH is 5. The number of aliphatic carboxylic acids is 1. The van der Waals surface area contributed by atoms with Gasteiger partial charge in [0.05, 0.1) is 50.1 Å². The highest BCUT2D eigenvalue weighted by Gasteiger charge is 2.56. The van der Waals surface area contributed by atoms with Crippen molar-refractivity contribution in [2.24, 2.45) is 11.8 Å². The number of amides is 1. The minimum Gasteiger partial charge on any atom is -0.493 e. The molecule has 25 nitrogen and oxygen atoms in total. The zero-order valence-electron chi connectivity index (χ0n) is 36.3. The van der Waals surface area contributed by atoms with E-state index in [1.165, 1.54) is 26.4 Å². The lowest BCUT2D eigenvalue weighted by Gasteiger charge is -2.47. The van der Waals surface area contributed by atoms with Gasteiger partial charge in [0, 0.05) is 31.0 Å². The number of benzene rings is 3. The number of non-ortho nitro benzene ring substituents is 1. The van der Waals surface area contributed by atoms with E-state index in [1.807, 2.05) is 0 Å². The highest BCUT2D eigenvalue weighted by Crippen LogP contribution is 2.57. The Morgan fingerprint density at radius 3 is 2.15 bits per heavy atom. The Balaban J connectivity index is 1.04. The molecule has 366 valence electrons. The molecule has 9 rings (SSSR count). The van der Waals surface area contributed by atoms with Gasteiger partial charge in [-0.25, -0.2) is 9.59 Å². The second kappa shape index (κ2) is 18.4. The fourth-order valence-electron chi connectivity index (χ4n) is 9.33. The number of nitrogens with zero attached hydrogens (tertiary/aromatic N) is 2. The number of ether oxygens (including phenoxy) is 12. The molecule has 15 atom stereocenters. The molecule has 3 aromatic rings. The van der Waals surface area contributed by atoms with Gasteiger partial charge in [-0.15, -0.1) is 0 Å². The van der Waals surface area contributed by atoms with E-state index in [4.69, 9.17) is 56.8 Å². The minimum atomic E-state index is -2.05.